The number of rotatable bonds is 10. The second kappa shape index (κ2) is 12.0. The molecule has 0 aliphatic rings. The molecule has 0 saturated heterocycles. The second-order valence-electron chi connectivity index (χ2n) is 7.02. The van der Waals surface area contributed by atoms with E-state index in [9.17, 15) is 4.79 Å². The van der Waals surface area contributed by atoms with Crippen LogP contribution < -0.4 is 16.0 Å². The first-order chi connectivity index (χ1) is 11.7. The highest BCUT2D eigenvalue weighted by Gasteiger charge is 2.30. The Balaban J connectivity index is 4.54. The van der Waals surface area contributed by atoms with Crippen molar-refractivity contribution in [3.8, 4) is 0 Å². The van der Waals surface area contributed by atoms with Crippen LogP contribution in [0.4, 0.5) is 4.79 Å². The molecule has 0 fully saturated rings. The Morgan fingerprint density at radius 3 is 2.20 bits per heavy atom. The number of nitrogens with one attached hydrogen (secondary N) is 3. The van der Waals surface area contributed by atoms with E-state index in [4.69, 9.17) is 9.47 Å². The molecule has 0 unspecified atom stereocenters. The lowest BCUT2D eigenvalue weighted by atomic mass is 9.93. The molecule has 25 heavy (non-hydrogen) atoms. The summed E-state index contributed by atoms with van der Waals surface area (Å²) >= 11 is 0. The molecule has 0 saturated carbocycles. The maximum absolute atomic E-state index is 12.2. The van der Waals surface area contributed by atoms with Crippen LogP contribution in [0.15, 0.2) is 4.99 Å². The highest BCUT2D eigenvalue weighted by molar-refractivity contribution is 5.79. The highest BCUT2D eigenvalue weighted by atomic mass is 16.6. The van der Waals surface area contributed by atoms with E-state index in [0.717, 1.165) is 39.0 Å². The summed E-state index contributed by atoms with van der Waals surface area (Å²) in [5.41, 5.74) is -0.895. The summed E-state index contributed by atoms with van der Waals surface area (Å²) in [5.74, 6) is 0.716. The molecule has 0 aromatic heterocycles. The topological polar surface area (TPSA) is 84.0 Å². The highest BCUT2D eigenvalue weighted by Crippen LogP contribution is 2.16. The van der Waals surface area contributed by atoms with E-state index in [1.54, 1.807) is 7.05 Å². The Kier molecular flexibility index (Phi) is 11.2. The van der Waals surface area contributed by atoms with Crippen molar-refractivity contribution in [1.82, 2.24) is 16.0 Å². The lowest BCUT2D eigenvalue weighted by Gasteiger charge is -2.34. The molecule has 0 radical (unpaired) electrons. The summed E-state index contributed by atoms with van der Waals surface area (Å²) in [4.78, 5) is 16.4. The van der Waals surface area contributed by atoms with Crippen LogP contribution in [0.1, 0.15) is 60.8 Å². The average molecular weight is 359 g/mol. The molecule has 148 valence electrons. The quantitative estimate of drug-likeness (QED) is 0.318. The molecular formula is C18H38N4O3. The smallest absolute Gasteiger partial charge is 0.408 e. The van der Waals surface area contributed by atoms with Crippen molar-refractivity contribution in [2.75, 3.05) is 33.4 Å². The second-order valence-corrected chi connectivity index (χ2v) is 7.02. The van der Waals surface area contributed by atoms with Gasteiger partial charge >= 0.3 is 6.09 Å². The van der Waals surface area contributed by atoms with E-state index in [0.29, 0.717) is 12.5 Å². The van der Waals surface area contributed by atoms with Crippen molar-refractivity contribution >= 4 is 12.1 Å². The van der Waals surface area contributed by atoms with E-state index < -0.39 is 11.7 Å². The minimum Gasteiger partial charge on any atom is -0.444 e. The molecule has 0 aliphatic heterocycles. The molecule has 3 N–H and O–H groups in total. The summed E-state index contributed by atoms with van der Waals surface area (Å²) < 4.78 is 10.7. The van der Waals surface area contributed by atoms with Gasteiger partial charge in [-0.3, -0.25) is 4.99 Å². The first-order valence-corrected chi connectivity index (χ1v) is 9.25. The van der Waals surface area contributed by atoms with Crippen molar-refractivity contribution in [2.45, 2.75) is 71.9 Å². The summed E-state index contributed by atoms with van der Waals surface area (Å²) in [5, 5.41) is 9.58. The number of amides is 1. The van der Waals surface area contributed by atoms with E-state index in [1.807, 2.05) is 27.7 Å². The Bertz CT molecular complexity index is 402. The van der Waals surface area contributed by atoms with Gasteiger partial charge in [-0.1, -0.05) is 13.8 Å². The molecule has 0 rings (SSSR count). The molecule has 0 aromatic carbocycles. The van der Waals surface area contributed by atoms with Crippen molar-refractivity contribution in [2.24, 2.45) is 4.99 Å². The van der Waals surface area contributed by atoms with Crippen molar-refractivity contribution in [3.05, 3.63) is 0 Å². The Labute approximate surface area is 153 Å². The van der Waals surface area contributed by atoms with Crippen LogP contribution >= 0.6 is 0 Å². The molecule has 0 aliphatic carbocycles. The van der Waals surface area contributed by atoms with Crippen LogP contribution in [0.3, 0.4) is 0 Å². The number of carbonyl (C=O) groups excluding carboxylic acids is 1. The van der Waals surface area contributed by atoms with Gasteiger partial charge in [-0.15, -0.1) is 0 Å². The van der Waals surface area contributed by atoms with Gasteiger partial charge in [0, 0.05) is 33.4 Å². The number of aliphatic imine (C=N–C) groups is 1. The molecule has 7 heteroatoms. The molecule has 1 amide bonds. The molecule has 7 nitrogen and oxygen atoms in total. The van der Waals surface area contributed by atoms with E-state index in [-0.39, 0.29) is 5.54 Å². The van der Waals surface area contributed by atoms with E-state index in [2.05, 4.69) is 34.8 Å². The minimum atomic E-state index is -0.511. The number of alkyl carbamates (subject to hydrolysis) is 1. The zero-order valence-electron chi connectivity index (χ0n) is 17.1. The third kappa shape index (κ3) is 10.9. The van der Waals surface area contributed by atoms with Crippen molar-refractivity contribution in [1.29, 1.82) is 0 Å². The molecule has 0 atom stereocenters. The number of carbonyl (C=O) groups is 1. The Morgan fingerprint density at radius 1 is 1.08 bits per heavy atom. The van der Waals surface area contributed by atoms with Gasteiger partial charge in [0.15, 0.2) is 5.96 Å². The van der Waals surface area contributed by atoms with Crippen LogP contribution in [0.2, 0.25) is 0 Å². The zero-order chi connectivity index (χ0) is 19.3. The van der Waals surface area contributed by atoms with Crippen LogP contribution in [0.5, 0.6) is 0 Å². The first-order valence-electron chi connectivity index (χ1n) is 9.25. The van der Waals surface area contributed by atoms with E-state index >= 15 is 0 Å². The van der Waals surface area contributed by atoms with Gasteiger partial charge in [-0.05, 0) is 47.0 Å². The predicted molar refractivity (Wildman–Crippen MR) is 103 cm³/mol. The third-order valence-electron chi connectivity index (χ3n) is 3.90. The summed E-state index contributed by atoms with van der Waals surface area (Å²) in [6.07, 6.45) is 2.10. The van der Waals surface area contributed by atoms with Crippen molar-refractivity contribution < 1.29 is 14.3 Å². The standard InChI is InChI=1S/C18H38N4O3/c1-8-18(9-2,22-16(23)25-17(4,5)6)14-21-15(19-7)20-12-11-13-24-10-3/h8-14H2,1-7H3,(H,22,23)(H2,19,20,21). The molecular weight excluding hydrogens is 320 g/mol. The van der Waals surface area contributed by atoms with Gasteiger partial charge in [0.1, 0.15) is 5.60 Å². The largest absolute Gasteiger partial charge is 0.444 e. The molecule has 0 spiro atoms. The normalized spacial score (nSPS) is 12.7. The number of hydrogen-bond acceptors (Lipinski definition) is 4. The minimum absolute atomic E-state index is 0.384. The fourth-order valence-corrected chi connectivity index (χ4v) is 2.24. The summed E-state index contributed by atoms with van der Waals surface area (Å²) in [7, 11) is 1.73. The lowest BCUT2D eigenvalue weighted by molar-refractivity contribution is 0.0448. The maximum Gasteiger partial charge on any atom is 0.408 e. The predicted octanol–water partition coefficient (Wildman–Crippen LogP) is 2.66. The SMILES string of the molecule is CCOCCCNC(=NC)NCC(CC)(CC)NC(=O)OC(C)(C)C. The van der Waals surface area contributed by atoms with E-state index in [1.165, 1.54) is 0 Å². The van der Waals surface area contributed by atoms with Gasteiger partial charge in [0.05, 0.1) is 5.54 Å². The zero-order valence-corrected chi connectivity index (χ0v) is 17.1. The van der Waals surface area contributed by atoms with Gasteiger partial charge in [0.2, 0.25) is 0 Å². The third-order valence-corrected chi connectivity index (χ3v) is 3.90. The Morgan fingerprint density at radius 2 is 1.72 bits per heavy atom. The van der Waals surface area contributed by atoms with Gasteiger partial charge in [-0.25, -0.2) is 4.79 Å². The first kappa shape index (κ1) is 23.5. The van der Waals surface area contributed by atoms with Gasteiger partial charge in [-0.2, -0.15) is 0 Å². The lowest BCUT2D eigenvalue weighted by Crippen LogP contribution is -2.57. The molecule has 0 bridgehead atoms. The maximum atomic E-state index is 12.2. The molecule has 0 heterocycles. The number of nitrogens with zero attached hydrogens (tertiary/aromatic N) is 1. The van der Waals surface area contributed by atoms with Crippen molar-refractivity contribution in [3.63, 3.8) is 0 Å². The monoisotopic (exact) mass is 358 g/mol. The fraction of sp³-hybridized carbons (Fsp3) is 0.889. The number of ether oxygens (including phenoxy) is 2. The summed E-state index contributed by atoms with van der Waals surface area (Å²) in [6, 6.07) is 0. The van der Waals surface area contributed by atoms with Crippen LogP contribution in [-0.4, -0.2) is 56.5 Å². The Hall–Kier alpha value is -1.50. The van der Waals surface area contributed by atoms with Gasteiger partial charge < -0.3 is 25.4 Å². The number of guanidine groups is 1. The fourth-order valence-electron chi connectivity index (χ4n) is 2.24. The number of hydrogen-bond donors (Lipinski definition) is 3. The van der Waals surface area contributed by atoms with Gasteiger partial charge in [0.25, 0.3) is 0 Å². The summed E-state index contributed by atoms with van der Waals surface area (Å²) in [6.45, 7) is 14.5. The van der Waals surface area contributed by atoms with Crippen LogP contribution in [0, 0.1) is 0 Å². The molecule has 0 aromatic rings. The van der Waals surface area contributed by atoms with Crippen LogP contribution in [-0.2, 0) is 9.47 Å². The van der Waals surface area contributed by atoms with Crippen LogP contribution in [0.25, 0.3) is 0 Å². The average Bonchev–Trinajstić information content (AvgIpc) is 2.54.